The molecule has 2 heteroatoms. The fourth-order valence-electron chi connectivity index (χ4n) is 1.86. The highest BCUT2D eigenvalue weighted by molar-refractivity contribution is 5.68. The maximum Gasteiger partial charge on any atom is 0.304 e. The van der Waals surface area contributed by atoms with Crippen LogP contribution in [0.3, 0.4) is 0 Å². The summed E-state index contributed by atoms with van der Waals surface area (Å²) in [6.07, 6.45) is 4.01. The van der Waals surface area contributed by atoms with Crippen molar-refractivity contribution in [2.24, 2.45) is 0 Å². The second kappa shape index (κ2) is 5.50. The highest BCUT2D eigenvalue weighted by Gasteiger charge is 2.14. The highest BCUT2D eigenvalue weighted by atomic mass is 16.4. The number of carbonyl (C=O) groups is 1. The number of hydrogen-bond acceptors (Lipinski definition) is 1. The third kappa shape index (κ3) is 3.23. The topological polar surface area (TPSA) is 37.3 Å². The summed E-state index contributed by atoms with van der Waals surface area (Å²) in [6.45, 7) is 5.96. The molecule has 0 saturated heterocycles. The second-order valence-corrected chi connectivity index (χ2v) is 4.09. The molecule has 0 aliphatic carbocycles. The molecule has 1 unspecified atom stereocenters. The fraction of sp³-hybridized carbons (Fsp3) is 0.357. The van der Waals surface area contributed by atoms with Gasteiger partial charge in [-0.05, 0) is 31.9 Å². The smallest absolute Gasteiger partial charge is 0.304 e. The van der Waals surface area contributed by atoms with Gasteiger partial charge in [-0.15, -0.1) is 0 Å². The summed E-state index contributed by atoms with van der Waals surface area (Å²) in [7, 11) is 0. The van der Waals surface area contributed by atoms with E-state index in [1.165, 1.54) is 5.56 Å². The summed E-state index contributed by atoms with van der Waals surface area (Å²) in [6, 6.07) is 6.16. The van der Waals surface area contributed by atoms with E-state index in [1.807, 2.05) is 45.1 Å². The predicted molar refractivity (Wildman–Crippen MR) is 65.7 cm³/mol. The Labute approximate surface area is 96.6 Å². The van der Waals surface area contributed by atoms with Gasteiger partial charge in [-0.3, -0.25) is 4.79 Å². The average molecular weight is 218 g/mol. The summed E-state index contributed by atoms with van der Waals surface area (Å²) in [5, 5.41) is 8.90. The molecule has 1 N–H and O–H groups in total. The lowest BCUT2D eigenvalue weighted by Crippen LogP contribution is -2.06. The Kier molecular flexibility index (Phi) is 4.29. The minimum atomic E-state index is -0.760. The highest BCUT2D eigenvalue weighted by Crippen LogP contribution is 2.25. The van der Waals surface area contributed by atoms with E-state index in [1.54, 1.807) is 0 Å². The monoisotopic (exact) mass is 218 g/mol. The standard InChI is InChI=1S/C14H18O2/c1-4-5-12(9-14(15)16)13-8-10(2)6-7-11(13)3/h4-8,12H,9H2,1-3H3,(H,15,16). The summed E-state index contributed by atoms with van der Waals surface area (Å²) in [5.41, 5.74) is 3.43. The van der Waals surface area contributed by atoms with Gasteiger partial charge in [-0.1, -0.05) is 35.9 Å². The Morgan fingerprint density at radius 2 is 2.12 bits per heavy atom. The van der Waals surface area contributed by atoms with Crippen LogP contribution in [0.25, 0.3) is 0 Å². The molecule has 16 heavy (non-hydrogen) atoms. The minimum absolute atomic E-state index is 0.0256. The number of benzene rings is 1. The first-order chi connectivity index (χ1) is 7.54. The van der Waals surface area contributed by atoms with Crippen LogP contribution in [-0.4, -0.2) is 11.1 Å². The lowest BCUT2D eigenvalue weighted by Gasteiger charge is -2.14. The lowest BCUT2D eigenvalue weighted by molar-refractivity contribution is -0.137. The number of rotatable bonds is 4. The van der Waals surface area contributed by atoms with Crippen LogP contribution in [0, 0.1) is 13.8 Å². The van der Waals surface area contributed by atoms with Crippen molar-refractivity contribution in [2.75, 3.05) is 0 Å². The molecular formula is C14H18O2. The van der Waals surface area contributed by atoms with Crippen molar-refractivity contribution in [3.63, 3.8) is 0 Å². The molecule has 0 spiro atoms. The van der Waals surface area contributed by atoms with Crippen molar-refractivity contribution in [3.05, 3.63) is 47.0 Å². The van der Waals surface area contributed by atoms with E-state index >= 15 is 0 Å². The molecule has 1 atom stereocenters. The molecule has 86 valence electrons. The van der Waals surface area contributed by atoms with Crippen molar-refractivity contribution in [1.82, 2.24) is 0 Å². The number of aliphatic carboxylic acids is 1. The van der Waals surface area contributed by atoms with Gasteiger partial charge in [0.05, 0.1) is 6.42 Å². The quantitative estimate of drug-likeness (QED) is 0.786. The van der Waals surface area contributed by atoms with Gasteiger partial charge < -0.3 is 5.11 Å². The van der Waals surface area contributed by atoms with Crippen LogP contribution in [0.1, 0.15) is 36.0 Å². The van der Waals surface area contributed by atoms with Crippen molar-refractivity contribution in [2.45, 2.75) is 33.1 Å². The number of hydrogen-bond donors (Lipinski definition) is 1. The molecule has 1 rings (SSSR count). The molecule has 0 aromatic heterocycles. The first-order valence-corrected chi connectivity index (χ1v) is 5.46. The molecule has 0 heterocycles. The average Bonchev–Trinajstić information content (AvgIpc) is 2.20. The number of carboxylic acid groups (broad SMARTS) is 1. The summed E-state index contributed by atoms with van der Waals surface area (Å²) in [4.78, 5) is 10.8. The third-order valence-corrected chi connectivity index (χ3v) is 2.65. The van der Waals surface area contributed by atoms with Gasteiger partial charge in [0.1, 0.15) is 0 Å². The molecule has 0 aliphatic heterocycles. The van der Waals surface area contributed by atoms with E-state index in [-0.39, 0.29) is 12.3 Å². The first kappa shape index (κ1) is 12.5. The van der Waals surface area contributed by atoms with Gasteiger partial charge in [0.2, 0.25) is 0 Å². The lowest BCUT2D eigenvalue weighted by atomic mass is 9.90. The zero-order valence-corrected chi connectivity index (χ0v) is 10.0. The Balaban J connectivity index is 3.09. The molecule has 0 saturated carbocycles. The van der Waals surface area contributed by atoms with Gasteiger partial charge in [-0.25, -0.2) is 0 Å². The summed E-state index contributed by atoms with van der Waals surface area (Å²) in [5.74, 6) is -0.786. The molecule has 0 aliphatic rings. The zero-order chi connectivity index (χ0) is 12.1. The van der Waals surface area contributed by atoms with Gasteiger partial charge in [0, 0.05) is 5.92 Å². The normalized spacial score (nSPS) is 12.9. The summed E-state index contributed by atoms with van der Waals surface area (Å²) < 4.78 is 0. The Morgan fingerprint density at radius 3 is 2.69 bits per heavy atom. The molecule has 0 radical (unpaired) electrons. The molecular weight excluding hydrogens is 200 g/mol. The van der Waals surface area contributed by atoms with Gasteiger partial charge >= 0.3 is 5.97 Å². The van der Waals surface area contributed by atoms with Crippen molar-refractivity contribution >= 4 is 5.97 Å². The van der Waals surface area contributed by atoms with Crippen LogP contribution in [-0.2, 0) is 4.79 Å². The second-order valence-electron chi connectivity index (χ2n) is 4.09. The molecule has 0 fully saturated rings. The first-order valence-electron chi connectivity index (χ1n) is 5.46. The van der Waals surface area contributed by atoms with E-state index < -0.39 is 5.97 Å². The Bertz CT molecular complexity index is 405. The van der Waals surface area contributed by atoms with Crippen LogP contribution in [0.2, 0.25) is 0 Å². The van der Waals surface area contributed by atoms with E-state index in [0.717, 1.165) is 11.1 Å². The summed E-state index contributed by atoms with van der Waals surface area (Å²) >= 11 is 0. The van der Waals surface area contributed by atoms with Gasteiger partial charge in [-0.2, -0.15) is 0 Å². The van der Waals surface area contributed by atoms with Crippen LogP contribution in [0.15, 0.2) is 30.4 Å². The van der Waals surface area contributed by atoms with Crippen LogP contribution in [0.5, 0.6) is 0 Å². The van der Waals surface area contributed by atoms with Crippen molar-refractivity contribution < 1.29 is 9.90 Å². The third-order valence-electron chi connectivity index (χ3n) is 2.65. The molecule has 0 bridgehead atoms. The van der Waals surface area contributed by atoms with E-state index in [2.05, 4.69) is 6.07 Å². The molecule has 1 aromatic rings. The SMILES string of the molecule is CC=CC(CC(=O)O)c1cc(C)ccc1C. The van der Waals surface area contributed by atoms with Crippen LogP contribution >= 0.6 is 0 Å². The fourth-order valence-corrected chi connectivity index (χ4v) is 1.86. The Hall–Kier alpha value is -1.57. The van der Waals surface area contributed by atoms with Crippen molar-refractivity contribution in [3.8, 4) is 0 Å². The Morgan fingerprint density at radius 1 is 1.44 bits per heavy atom. The van der Waals surface area contributed by atoms with Crippen LogP contribution in [0.4, 0.5) is 0 Å². The van der Waals surface area contributed by atoms with Crippen LogP contribution < -0.4 is 0 Å². The van der Waals surface area contributed by atoms with Crippen molar-refractivity contribution in [1.29, 1.82) is 0 Å². The van der Waals surface area contributed by atoms with E-state index in [4.69, 9.17) is 5.11 Å². The van der Waals surface area contributed by atoms with Gasteiger partial charge in [0.25, 0.3) is 0 Å². The van der Waals surface area contributed by atoms with E-state index in [9.17, 15) is 4.79 Å². The molecule has 2 nitrogen and oxygen atoms in total. The maximum absolute atomic E-state index is 10.8. The van der Waals surface area contributed by atoms with Gasteiger partial charge in [0.15, 0.2) is 0 Å². The van der Waals surface area contributed by atoms with E-state index in [0.29, 0.717) is 0 Å². The number of allylic oxidation sites excluding steroid dienone is 2. The number of aryl methyl sites for hydroxylation is 2. The predicted octanol–water partition coefficient (Wildman–Crippen LogP) is 3.44. The molecule has 1 aromatic carbocycles. The minimum Gasteiger partial charge on any atom is -0.481 e. The molecule has 0 amide bonds. The maximum atomic E-state index is 10.8. The largest absolute Gasteiger partial charge is 0.481 e. The zero-order valence-electron chi connectivity index (χ0n) is 10.0. The number of carboxylic acids is 1.